The molecule has 2 aromatic heterocycles. The van der Waals surface area contributed by atoms with Gasteiger partial charge in [-0.05, 0) is 30.5 Å². The molecule has 2 N–H and O–H groups in total. The Morgan fingerprint density at radius 3 is 2.78 bits per heavy atom. The number of hydrogen-bond donors (Lipinski definition) is 1. The van der Waals surface area contributed by atoms with Crippen molar-refractivity contribution in [1.29, 1.82) is 0 Å². The topological polar surface area (TPSA) is 51.8 Å². The second kappa shape index (κ2) is 5.59. The van der Waals surface area contributed by atoms with E-state index >= 15 is 0 Å². The van der Waals surface area contributed by atoms with Crippen LogP contribution in [0.15, 0.2) is 29.8 Å². The first-order valence-electron chi connectivity index (χ1n) is 6.17. The minimum Gasteiger partial charge on any atom is -0.330 e. The maximum absolute atomic E-state index is 5.64. The van der Waals surface area contributed by atoms with Crippen LogP contribution in [0.4, 0.5) is 0 Å². The van der Waals surface area contributed by atoms with Crippen molar-refractivity contribution in [3.05, 3.63) is 34.8 Å². The monoisotopic (exact) mass is 261 g/mol. The van der Waals surface area contributed by atoms with Crippen molar-refractivity contribution in [3.8, 4) is 11.4 Å². The van der Waals surface area contributed by atoms with Crippen LogP contribution in [0.2, 0.25) is 0 Å². The van der Waals surface area contributed by atoms with Gasteiger partial charge in [0, 0.05) is 18.0 Å². The van der Waals surface area contributed by atoms with E-state index in [1.165, 1.54) is 0 Å². The fourth-order valence-corrected chi connectivity index (χ4v) is 2.96. The lowest BCUT2D eigenvalue weighted by molar-refractivity contribution is 0.338. The van der Waals surface area contributed by atoms with Crippen LogP contribution in [0, 0.1) is 5.41 Å². The minimum absolute atomic E-state index is 0.216. The number of nitrogens with zero attached hydrogens (tertiary/aromatic N) is 2. The molecule has 0 saturated carbocycles. The van der Waals surface area contributed by atoms with Gasteiger partial charge in [-0.25, -0.2) is 4.98 Å². The third-order valence-electron chi connectivity index (χ3n) is 2.93. The predicted octanol–water partition coefficient (Wildman–Crippen LogP) is 3.12. The molecule has 0 amide bonds. The van der Waals surface area contributed by atoms with Crippen LogP contribution in [-0.2, 0) is 6.42 Å². The molecule has 4 heteroatoms. The summed E-state index contributed by atoms with van der Waals surface area (Å²) >= 11 is 1.71. The summed E-state index contributed by atoms with van der Waals surface area (Å²) in [6.07, 6.45) is 3.79. The molecule has 2 aromatic rings. The third kappa shape index (κ3) is 3.37. The Labute approximate surface area is 112 Å². The number of aromatic nitrogens is 2. The van der Waals surface area contributed by atoms with Gasteiger partial charge in [-0.3, -0.25) is 4.98 Å². The second-order valence-corrected chi connectivity index (χ2v) is 6.16. The Morgan fingerprint density at radius 1 is 1.28 bits per heavy atom. The first-order valence-corrected chi connectivity index (χ1v) is 7.04. The zero-order valence-electron chi connectivity index (χ0n) is 10.9. The lowest BCUT2D eigenvalue weighted by atomic mass is 9.86. The standard InChI is InChI=1S/C14H19N3S/c1-14(2,6-7-15)9-13-17-12(10-18-13)11-5-3-4-8-16-11/h3-5,8,10H,6-7,9,15H2,1-2H3. The van der Waals surface area contributed by atoms with E-state index < -0.39 is 0 Å². The maximum Gasteiger partial charge on any atom is 0.0998 e. The summed E-state index contributed by atoms with van der Waals surface area (Å²) in [5.74, 6) is 0. The Bertz CT molecular complexity index is 491. The highest BCUT2D eigenvalue weighted by Crippen LogP contribution is 2.28. The smallest absolute Gasteiger partial charge is 0.0998 e. The van der Waals surface area contributed by atoms with Crippen molar-refractivity contribution in [3.63, 3.8) is 0 Å². The Kier molecular flexibility index (Phi) is 4.09. The molecule has 96 valence electrons. The zero-order chi connectivity index (χ0) is 13.0. The van der Waals surface area contributed by atoms with E-state index in [1.807, 2.05) is 18.2 Å². The van der Waals surface area contributed by atoms with Gasteiger partial charge in [0.2, 0.25) is 0 Å². The third-order valence-corrected chi connectivity index (χ3v) is 3.78. The summed E-state index contributed by atoms with van der Waals surface area (Å²) in [5.41, 5.74) is 7.77. The number of thiazole rings is 1. The van der Waals surface area contributed by atoms with E-state index in [-0.39, 0.29) is 5.41 Å². The molecule has 0 aliphatic heterocycles. The lowest BCUT2D eigenvalue weighted by Gasteiger charge is -2.22. The van der Waals surface area contributed by atoms with Gasteiger partial charge in [0.1, 0.15) is 0 Å². The highest BCUT2D eigenvalue weighted by molar-refractivity contribution is 7.09. The van der Waals surface area contributed by atoms with Crippen molar-refractivity contribution >= 4 is 11.3 Å². The number of nitrogens with two attached hydrogens (primary N) is 1. The van der Waals surface area contributed by atoms with Gasteiger partial charge in [0.05, 0.1) is 16.4 Å². The van der Waals surface area contributed by atoms with Crippen LogP contribution < -0.4 is 5.73 Å². The van der Waals surface area contributed by atoms with Crippen molar-refractivity contribution in [2.24, 2.45) is 11.1 Å². The molecule has 3 nitrogen and oxygen atoms in total. The van der Waals surface area contributed by atoms with Crippen LogP contribution in [0.1, 0.15) is 25.3 Å². The van der Waals surface area contributed by atoms with Crippen LogP contribution in [-0.4, -0.2) is 16.5 Å². The molecule has 0 fully saturated rings. The van der Waals surface area contributed by atoms with Crippen molar-refractivity contribution in [2.45, 2.75) is 26.7 Å². The molecule has 18 heavy (non-hydrogen) atoms. The molecular weight excluding hydrogens is 242 g/mol. The molecule has 0 radical (unpaired) electrons. The van der Waals surface area contributed by atoms with E-state index in [0.717, 1.165) is 35.8 Å². The molecule has 2 heterocycles. The maximum atomic E-state index is 5.64. The van der Waals surface area contributed by atoms with Gasteiger partial charge >= 0.3 is 0 Å². The van der Waals surface area contributed by atoms with Crippen molar-refractivity contribution < 1.29 is 0 Å². The summed E-state index contributed by atoms with van der Waals surface area (Å²) in [6, 6.07) is 5.89. The van der Waals surface area contributed by atoms with Gasteiger partial charge in [0.15, 0.2) is 0 Å². The Balaban J connectivity index is 2.12. The van der Waals surface area contributed by atoms with Gasteiger partial charge in [-0.2, -0.15) is 0 Å². The average Bonchev–Trinajstić information content (AvgIpc) is 2.77. The summed E-state index contributed by atoms with van der Waals surface area (Å²) in [5, 5.41) is 3.24. The number of rotatable bonds is 5. The van der Waals surface area contributed by atoms with E-state index in [9.17, 15) is 0 Å². The first-order chi connectivity index (χ1) is 8.61. The molecule has 0 spiro atoms. The summed E-state index contributed by atoms with van der Waals surface area (Å²) in [6.45, 7) is 5.20. The molecule has 2 rings (SSSR count). The summed E-state index contributed by atoms with van der Waals surface area (Å²) < 4.78 is 0. The molecule has 0 atom stereocenters. The van der Waals surface area contributed by atoms with Crippen LogP contribution >= 0.6 is 11.3 Å². The molecule has 0 saturated heterocycles. The highest BCUT2D eigenvalue weighted by Gasteiger charge is 2.19. The van der Waals surface area contributed by atoms with Gasteiger partial charge in [-0.15, -0.1) is 11.3 Å². The van der Waals surface area contributed by atoms with E-state index in [2.05, 4.69) is 29.2 Å². The second-order valence-electron chi connectivity index (χ2n) is 5.22. The fraction of sp³-hybridized carbons (Fsp3) is 0.429. The van der Waals surface area contributed by atoms with Crippen LogP contribution in [0.5, 0.6) is 0 Å². The minimum atomic E-state index is 0.216. The van der Waals surface area contributed by atoms with Crippen molar-refractivity contribution in [1.82, 2.24) is 9.97 Å². The number of pyridine rings is 1. The molecule has 0 aliphatic rings. The van der Waals surface area contributed by atoms with Crippen molar-refractivity contribution in [2.75, 3.05) is 6.54 Å². The van der Waals surface area contributed by atoms with Crippen LogP contribution in [0.25, 0.3) is 11.4 Å². The van der Waals surface area contributed by atoms with E-state index in [0.29, 0.717) is 0 Å². The molecule has 0 aliphatic carbocycles. The van der Waals surface area contributed by atoms with Gasteiger partial charge in [0.25, 0.3) is 0 Å². The van der Waals surface area contributed by atoms with E-state index in [1.54, 1.807) is 17.5 Å². The molecule has 0 unspecified atom stereocenters. The average molecular weight is 261 g/mol. The fourth-order valence-electron chi connectivity index (χ4n) is 1.91. The largest absolute Gasteiger partial charge is 0.330 e. The summed E-state index contributed by atoms with van der Waals surface area (Å²) in [4.78, 5) is 8.98. The molecule has 0 bridgehead atoms. The lowest BCUT2D eigenvalue weighted by Crippen LogP contribution is -2.19. The predicted molar refractivity (Wildman–Crippen MR) is 76.5 cm³/mol. The summed E-state index contributed by atoms with van der Waals surface area (Å²) in [7, 11) is 0. The first kappa shape index (κ1) is 13.2. The SMILES string of the molecule is CC(C)(CCN)Cc1nc(-c2ccccn2)cs1. The number of hydrogen-bond acceptors (Lipinski definition) is 4. The van der Waals surface area contributed by atoms with Gasteiger partial charge < -0.3 is 5.73 Å². The van der Waals surface area contributed by atoms with Gasteiger partial charge in [-0.1, -0.05) is 19.9 Å². The normalized spacial score (nSPS) is 11.7. The van der Waals surface area contributed by atoms with Crippen LogP contribution in [0.3, 0.4) is 0 Å². The Morgan fingerprint density at radius 2 is 2.11 bits per heavy atom. The molecule has 0 aromatic carbocycles. The highest BCUT2D eigenvalue weighted by atomic mass is 32.1. The zero-order valence-corrected chi connectivity index (χ0v) is 11.7. The van der Waals surface area contributed by atoms with E-state index in [4.69, 9.17) is 5.73 Å². The molecular formula is C14H19N3S. The Hall–Kier alpha value is -1.26. The quantitative estimate of drug-likeness (QED) is 0.899.